The van der Waals surface area contributed by atoms with Crippen molar-refractivity contribution in [2.24, 2.45) is 0 Å². The maximum Gasteiger partial charge on any atom is 0.276 e. The summed E-state index contributed by atoms with van der Waals surface area (Å²) in [5, 5.41) is 1.89. The fraction of sp³-hybridized carbons (Fsp3) is 0.143. The number of hydrogen-bond acceptors (Lipinski definition) is 4. The number of aromatic nitrogens is 2. The summed E-state index contributed by atoms with van der Waals surface area (Å²) in [5.74, 6) is 0.801. The standard InChI is InChI=1S/C21H17N3O2S/c1-26-16-7-4-6-15(11-16)17-12-24-19(13-27-21(24)22-17)20(25)23-10-9-14-5-2-3-8-18(14)23/h2-8,11-13H,9-10H2,1H3. The Morgan fingerprint density at radius 1 is 1.19 bits per heavy atom. The lowest BCUT2D eigenvalue weighted by molar-refractivity contribution is 0.0984. The third-order valence-corrected chi connectivity index (χ3v) is 5.77. The van der Waals surface area contributed by atoms with E-state index in [0.29, 0.717) is 12.2 Å². The first-order valence-corrected chi connectivity index (χ1v) is 9.63. The number of ether oxygens (including phenoxy) is 1. The van der Waals surface area contributed by atoms with Crippen LogP contribution in [0.25, 0.3) is 16.2 Å². The number of thiazole rings is 1. The minimum absolute atomic E-state index is 0.0146. The molecule has 0 saturated heterocycles. The first kappa shape index (κ1) is 16.1. The van der Waals surface area contributed by atoms with Gasteiger partial charge in [-0.25, -0.2) is 4.98 Å². The largest absolute Gasteiger partial charge is 0.497 e. The van der Waals surface area contributed by atoms with Gasteiger partial charge >= 0.3 is 0 Å². The molecule has 1 aliphatic heterocycles. The summed E-state index contributed by atoms with van der Waals surface area (Å²) in [4.78, 5) is 20.6. The summed E-state index contributed by atoms with van der Waals surface area (Å²) in [6.07, 6.45) is 2.82. The highest BCUT2D eigenvalue weighted by Gasteiger charge is 2.27. The van der Waals surface area contributed by atoms with Crippen molar-refractivity contribution in [3.63, 3.8) is 0 Å². The van der Waals surface area contributed by atoms with E-state index in [9.17, 15) is 4.79 Å². The lowest BCUT2D eigenvalue weighted by Crippen LogP contribution is -2.29. The van der Waals surface area contributed by atoms with Crippen LogP contribution in [0.15, 0.2) is 60.1 Å². The van der Waals surface area contributed by atoms with Crippen molar-refractivity contribution in [2.75, 3.05) is 18.6 Å². The van der Waals surface area contributed by atoms with Gasteiger partial charge in [0.2, 0.25) is 0 Å². The highest BCUT2D eigenvalue weighted by Crippen LogP contribution is 2.31. The molecule has 0 unspecified atom stereocenters. The zero-order chi connectivity index (χ0) is 18.4. The monoisotopic (exact) mass is 375 g/mol. The molecule has 0 saturated carbocycles. The lowest BCUT2D eigenvalue weighted by atomic mass is 10.1. The summed E-state index contributed by atoms with van der Waals surface area (Å²) < 4.78 is 7.19. The first-order chi connectivity index (χ1) is 13.2. The van der Waals surface area contributed by atoms with Crippen molar-refractivity contribution in [3.8, 4) is 17.0 Å². The van der Waals surface area contributed by atoms with E-state index >= 15 is 0 Å². The lowest BCUT2D eigenvalue weighted by Gasteiger charge is -2.16. The summed E-state index contributed by atoms with van der Waals surface area (Å²) in [7, 11) is 1.65. The molecule has 134 valence electrons. The van der Waals surface area contributed by atoms with Crippen molar-refractivity contribution in [1.82, 2.24) is 9.38 Å². The maximum atomic E-state index is 13.2. The van der Waals surface area contributed by atoms with Gasteiger partial charge in [0.05, 0.1) is 12.8 Å². The van der Waals surface area contributed by atoms with Gasteiger partial charge in [-0.2, -0.15) is 0 Å². The third kappa shape index (κ3) is 2.61. The second kappa shape index (κ2) is 6.25. The summed E-state index contributed by atoms with van der Waals surface area (Å²) in [5.41, 5.74) is 4.68. The highest BCUT2D eigenvalue weighted by molar-refractivity contribution is 7.15. The Kier molecular flexibility index (Phi) is 3.72. The van der Waals surface area contributed by atoms with E-state index in [0.717, 1.165) is 34.1 Å². The molecule has 0 spiro atoms. The number of hydrogen-bond donors (Lipinski definition) is 0. The van der Waals surface area contributed by atoms with E-state index in [-0.39, 0.29) is 5.91 Å². The van der Waals surface area contributed by atoms with Crippen molar-refractivity contribution in [1.29, 1.82) is 0 Å². The number of benzene rings is 2. The van der Waals surface area contributed by atoms with Gasteiger partial charge in [-0.3, -0.25) is 9.20 Å². The van der Waals surface area contributed by atoms with Crippen molar-refractivity contribution >= 4 is 27.9 Å². The fourth-order valence-electron chi connectivity index (χ4n) is 3.55. The molecule has 0 radical (unpaired) electrons. The Morgan fingerprint density at radius 3 is 2.96 bits per heavy atom. The molecule has 4 aromatic rings. The summed E-state index contributed by atoms with van der Waals surface area (Å²) in [6, 6.07) is 15.9. The molecular weight excluding hydrogens is 358 g/mol. The van der Waals surface area contributed by atoms with Gasteiger partial charge in [-0.1, -0.05) is 30.3 Å². The van der Waals surface area contributed by atoms with Crippen LogP contribution in [-0.2, 0) is 6.42 Å². The summed E-state index contributed by atoms with van der Waals surface area (Å²) in [6.45, 7) is 0.715. The van der Waals surface area contributed by atoms with Gasteiger partial charge in [-0.05, 0) is 30.2 Å². The number of carbonyl (C=O) groups excluding carboxylic acids is 1. The van der Waals surface area contributed by atoms with Crippen LogP contribution < -0.4 is 9.64 Å². The predicted molar refractivity (Wildman–Crippen MR) is 107 cm³/mol. The first-order valence-electron chi connectivity index (χ1n) is 8.75. The number of imidazole rings is 1. The van der Waals surface area contributed by atoms with Crippen molar-refractivity contribution in [3.05, 3.63) is 71.4 Å². The number of methoxy groups -OCH3 is 1. The minimum Gasteiger partial charge on any atom is -0.497 e. The molecular formula is C21H17N3O2S. The molecule has 0 fully saturated rings. The van der Waals surface area contributed by atoms with E-state index in [1.807, 2.05) is 63.3 Å². The smallest absolute Gasteiger partial charge is 0.276 e. The second-order valence-electron chi connectivity index (χ2n) is 6.47. The molecule has 1 amide bonds. The van der Waals surface area contributed by atoms with E-state index in [4.69, 9.17) is 4.74 Å². The fourth-order valence-corrected chi connectivity index (χ4v) is 4.39. The van der Waals surface area contributed by atoms with E-state index in [1.54, 1.807) is 7.11 Å². The Balaban J connectivity index is 1.53. The van der Waals surface area contributed by atoms with Gasteiger partial charge in [0.15, 0.2) is 4.96 Å². The van der Waals surface area contributed by atoms with Crippen LogP contribution in [0.2, 0.25) is 0 Å². The van der Waals surface area contributed by atoms with Gasteiger partial charge in [0, 0.05) is 29.4 Å². The zero-order valence-corrected chi connectivity index (χ0v) is 15.6. The highest BCUT2D eigenvalue weighted by atomic mass is 32.1. The van der Waals surface area contributed by atoms with E-state index in [2.05, 4.69) is 11.1 Å². The third-order valence-electron chi connectivity index (χ3n) is 4.93. The van der Waals surface area contributed by atoms with Crippen LogP contribution >= 0.6 is 11.3 Å². The number of nitrogens with zero attached hydrogens (tertiary/aromatic N) is 3. The molecule has 0 aliphatic carbocycles. The van der Waals surface area contributed by atoms with Crippen LogP contribution in [0.1, 0.15) is 16.1 Å². The molecule has 0 atom stereocenters. The van der Waals surface area contributed by atoms with Gasteiger partial charge in [-0.15, -0.1) is 11.3 Å². The van der Waals surface area contributed by atoms with Crippen molar-refractivity contribution < 1.29 is 9.53 Å². The van der Waals surface area contributed by atoms with Crippen molar-refractivity contribution in [2.45, 2.75) is 6.42 Å². The predicted octanol–water partition coefficient (Wildman–Crippen LogP) is 4.27. The Labute approximate surface area is 160 Å². The number of rotatable bonds is 3. The molecule has 2 aromatic carbocycles. The zero-order valence-electron chi connectivity index (χ0n) is 14.8. The average Bonchev–Trinajstić information content (AvgIpc) is 3.41. The number of para-hydroxylation sites is 1. The molecule has 6 heteroatoms. The molecule has 2 aromatic heterocycles. The van der Waals surface area contributed by atoms with Crippen LogP contribution in [0.5, 0.6) is 5.75 Å². The number of amides is 1. The van der Waals surface area contributed by atoms with Crippen LogP contribution in [0.3, 0.4) is 0 Å². The number of fused-ring (bicyclic) bond motifs is 2. The number of carbonyl (C=O) groups is 1. The quantitative estimate of drug-likeness (QED) is 0.537. The normalized spacial score (nSPS) is 13.1. The Bertz CT molecular complexity index is 1160. The average molecular weight is 375 g/mol. The summed E-state index contributed by atoms with van der Waals surface area (Å²) >= 11 is 1.48. The van der Waals surface area contributed by atoms with Crippen LogP contribution in [-0.4, -0.2) is 28.9 Å². The molecule has 0 bridgehead atoms. The maximum absolute atomic E-state index is 13.2. The van der Waals surface area contributed by atoms with E-state index < -0.39 is 0 Å². The minimum atomic E-state index is 0.0146. The molecule has 3 heterocycles. The van der Waals surface area contributed by atoms with Crippen LogP contribution in [0.4, 0.5) is 5.69 Å². The Hall–Kier alpha value is -3.12. The Morgan fingerprint density at radius 2 is 2.07 bits per heavy atom. The molecule has 27 heavy (non-hydrogen) atoms. The van der Waals surface area contributed by atoms with Gasteiger partial charge < -0.3 is 9.64 Å². The van der Waals surface area contributed by atoms with E-state index in [1.165, 1.54) is 16.9 Å². The second-order valence-corrected chi connectivity index (χ2v) is 7.30. The topological polar surface area (TPSA) is 46.8 Å². The molecule has 5 rings (SSSR count). The SMILES string of the molecule is COc1cccc(-c2cn3c(C(=O)N4CCc5ccccc54)csc3n2)c1. The molecule has 1 aliphatic rings. The van der Waals surface area contributed by atoms with Gasteiger partial charge in [0.1, 0.15) is 11.4 Å². The molecule has 0 N–H and O–H groups in total. The molecule has 5 nitrogen and oxygen atoms in total. The van der Waals surface area contributed by atoms with Crippen LogP contribution in [0, 0.1) is 0 Å². The number of anilines is 1. The van der Waals surface area contributed by atoms with Gasteiger partial charge in [0.25, 0.3) is 5.91 Å².